The minimum atomic E-state index is -4.73. The normalized spacial score (nSPS) is 22.4. The molecule has 186 valence electrons. The van der Waals surface area contributed by atoms with Gasteiger partial charge in [-0.3, -0.25) is 19.7 Å². The van der Waals surface area contributed by atoms with Gasteiger partial charge in [-0.05, 0) is 44.5 Å². The number of alkyl halides is 3. The average molecular weight is 492 g/mol. The molecular weight excluding hydrogens is 468 g/mol. The Kier molecular flexibility index (Phi) is 5.58. The standard InChI is InChI=1S/C23H24F4N6O2/c1-12-9-31-7-3-4-15(31)10-32(12)22(35)33-11-17-19(13(33)2)29-30-20(17)28-21(34)16-8-14(23(25,26)27)5-6-18(16)24/h5-6,8,12,15H,2-4,7,9-11H2,1H3,(H2,28,29,30,34). The van der Waals surface area contributed by atoms with E-state index >= 15 is 0 Å². The molecule has 12 heteroatoms. The van der Waals surface area contributed by atoms with Gasteiger partial charge >= 0.3 is 12.2 Å². The van der Waals surface area contributed by atoms with Crippen LogP contribution in [0.4, 0.5) is 28.2 Å². The third kappa shape index (κ3) is 4.05. The Morgan fingerprint density at radius 1 is 1.26 bits per heavy atom. The number of carbonyl (C=O) groups is 2. The van der Waals surface area contributed by atoms with Crippen LogP contribution in [-0.4, -0.2) is 68.6 Å². The van der Waals surface area contributed by atoms with E-state index in [2.05, 4.69) is 27.0 Å². The van der Waals surface area contributed by atoms with Crippen molar-refractivity contribution in [2.45, 2.75) is 44.6 Å². The van der Waals surface area contributed by atoms with Crippen LogP contribution in [0.5, 0.6) is 0 Å². The topological polar surface area (TPSA) is 84.6 Å². The molecule has 0 radical (unpaired) electrons. The quantitative estimate of drug-likeness (QED) is 0.623. The van der Waals surface area contributed by atoms with Gasteiger partial charge in [-0.1, -0.05) is 6.58 Å². The van der Waals surface area contributed by atoms with E-state index in [0.29, 0.717) is 47.7 Å². The SMILES string of the molecule is C=C1c2[nH]nc(NC(=O)c3cc(C(F)(F)F)ccc3F)c2CN1C(=O)N1CC2CCCN2CC1C. The Balaban J connectivity index is 1.33. The van der Waals surface area contributed by atoms with Crippen LogP contribution in [-0.2, 0) is 12.7 Å². The van der Waals surface area contributed by atoms with Gasteiger partial charge in [0.25, 0.3) is 5.91 Å². The van der Waals surface area contributed by atoms with E-state index in [4.69, 9.17) is 0 Å². The Bertz CT molecular complexity index is 1210. The molecule has 2 atom stereocenters. The maximum absolute atomic E-state index is 14.1. The molecule has 2 N–H and O–H groups in total. The van der Waals surface area contributed by atoms with E-state index in [0.717, 1.165) is 25.9 Å². The fourth-order valence-electron chi connectivity index (χ4n) is 5.09. The highest BCUT2D eigenvalue weighted by atomic mass is 19.4. The van der Waals surface area contributed by atoms with Crippen LogP contribution < -0.4 is 5.32 Å². The van der Waals surface area contributed by atoms with Crippen LogP contribution in [0.3, 0.4) is 0 Å². The number of rotatable bonds is 2. The molecule has 1 aromatic heterocycles. The van der Waals surface area contributed by atoms with Crippen molar-refractivity contribution >= 4 is 23.5 Å². The highest BCUT2D eigenvalue weighted by Gasteiger charge is 2.41. The third-order valence-electron chi connectivity index (χ3n) is 6.98. The van der Waals surface area contributed by atoms with Crippen molar-refractivity contribution in [3.63, 3.8) is 0 Å². The Labute approximate surface area is 198 Å². The summed E-state index contributed by atoms with van der Waals surface area (Å²) in [5.41, 5.74) is -0.631. The van der Waals surface area contributed by atoms with Crippen molar-refractivity contribution in [2.75, 3.05) is 25.0 Å². The molecule has 0 saturated carbocycles. The second kappa shape index (κ2) is 8.36. The van der Waals surface area contributed by atoms with Gasteiger partial charge in [-0.2, -0.15) is 18.3 Å². The molecule has 2 saturated heterocycles. The molecule has 0 spiro atoms. The lowest BCUT2D eigenvalue weighted by Crippen LogP contribution is -2.58. The second-order valence-electron chi connectivity index (χ2n) is 9.18. The first-order chi connectivity index (χ1) is 16.5. The van der Waals surface area contributed by atoms with Crippen molar-refractivity contribution in [1.82, 2.24) is 24.9 Å². The Morgan fingerprint density at radius 3 is 2.77 bits per heavy atom. The number of piperazine rings is 1. The highest BCUT2D eigenvalue weighted by Crippen LogP contribution is 2.37. The smallest absolute Gasteiger partial charge is 0.319 e. The molecule has 5 rings (SSSR count). The molecule has 3 amide bonds. The summed E-state index contributed by atoms with van der Waals surface area (Å²) in [5.74, 6) is -2.17. The minimum Gasteiger partial charge on any atom is -0.319 e. The molecule has 2 aromatic rings. The largest absolute Gasteiger partial charge is 0.416 e. The summed E-state index contributed by atoms with van der Waals surface area (Å²) in [6.07, 6.45) is -2.57. The van der Waals surface area contributed by atoms with Gasteiger partial charge in [0.1, 0.15) is 5.82 Å². The van der Waals surface area contributed by atoms with Crippen molar-refractivity contribution in [2.24, 2.45) is 0 Å². The van der Waals surface area contributed by atoms with Crippen LogP contribution in [0.15, 0.2) is 24.8 Å². The summed E-state index contributed by atoms with van der Waals surface area (Å²) in [5, 5.41) is 9.09. The van der Waals surface area contributed by atoms with E-state index < -0.39 is 29.0 Å². The number of aromatic amines is 1. The van der Waals surface area contributed by atoms with Crippen LogP contribution in [0.1, 0.15) is 46.9 Å². The number of halogens is 4. The minimum absolute atomic E-state index is 0.00641. The zero-order chi connectivity index (χ0) is 25.1. The molecule has 35 heavy (non-hydrogen) atoms. The summed E-state index contributed by atoms with van der Waals surface area (Å²) < 4.78 is 53.2. The van der Waals surface area contributed by atoms with Gasteiger partial charge < -0.3 is 10.2 Å². The van der Waals surface area contributed by atoms with E-state index in [1.54, 1.807) is 0 Å². The zero-order valence-electron chi connectivity index (χ0n) is 19.0. The number of urea groups is 1. The van der Waals surface area contributed by atoms with Crippen molar-refractivity contribution in [3.05, 3.63) is 53.0 Å². The summed E-state index contributed by atoms with van der Waals surface area (Å²) >= 11 is 0. The lowest BCUT2D eigenvalue weighted by atomic mass is 10.1. The molecule has 4 heterocycles. The van der Waals surface area contributed by atoms with Crippen LogP contribution in [0, 0.1) is 5.82 Å². The van der Waals surface area contributed by atoms with Crippen molar-refractivity contribution in [3.8, 4) is 0 Å². The van der Waals surface area contributed by atoms with E-state index in [9.17, 15) is 27.2 Å². The molecular formula is C23H24F4N6O2. The molecule has 1 aromatic carbocycles. The Morgan fingerprint density at radius 2 is 2.03 bits per heavy atom. The predicted octanol–water partition coefficient (Wildman–Crippen LogP) is 3.89. The fourth-order valence-corrected chi connectivity index (χ4v) is 5.09. The number of anilines is 1. The average Bonchev–Trinajstić information content (AvgIpc) is 3.49. The lowest BCUT2D eigenvalue weighted by Gasteiger charge is -2.43. The number of benzene rings is 1. The number of nitrogens with zero attached hydrogens (tertiary/aromatic N) is 4. The molecule has 0 bridgehead atoms. The number of hydrogen-bond donors (Lipinski definition) is 2. The predicted molar refractivity (Wildman–Crippen MR) is 119 cm³/mol. The first-order valence-electron chi connectivity index (χ1n) is 11.3. The number of nitrogens with one attached hydrogen (secondary N) is 2. The van der Waals surface area contributed by atoms with Crippen molar-refractivity contribution < 1.29 is 27.2 Å². The van der Waals surface area contributed by atoms with Crippen molar-refractivity contribution in [1.29, 1.82) is 0 Å². The lowest BCUT2D eigenvalue weighted by molar-refractivity contribution is -0.137. The molecule has 0 aliphatic carbocycles. The maximum Gasteiger partial charge on any atom is 0.416 e. The van der Waals surface area contributed by atoms with Gasteiger partial charge in [0.15, 0.2) is 5.82 Å². The summed E-state index contributed by atoms with van der Waals surface area (Å²) in [6, 6.07) is 1.77. The summed E-state index contributed by atoms with van der Waals surface area (Å²) in [4.78, 5) is 31.7. The fraction of sp³-hybridized carbons (Fsp3) is 0.435. The first kappa shape index (κ1) is 23.3. The van der Waals surface area contributed by atoms with E-state index in [1.807, 2.05) is 11.8 Å². The maximum atomic E-state index is 14.1. The molecule has 2 fully saturated rings. The molecule has 2 unspecified atom stereocenters. The zero-order valence-corrected chi connectivity index (χ0v) is 19.0. The van der Waals surface area contributed by atoms with Crippen LogP contribution >= 0.6 is 0 Å². The Hall–Kier alpha value is -3.41. The van der Waals surface area contributed by atoms with Gasteiger partial charge in [-0.15, -0.1) is 0 Å². The van der Waals surface area contributed by atoms with Crippen LogP contribution in [0.2, 0.25) is 0 Å². The number of carbonyl (C=O) groups excluding carboxylic acids is 2. The molecule has 3 aliphatic heterocycles. The van der Waals surface area contributed by atoms with E-state index in [1.165, 1.54) is 4.90 Å². The summed E-state index contributed by atoms with van der Waals surface area (Å²) in [7, 11) is 0. The summed E-state index contributed by atoms with van der Waals surface area (Å²) in [6.45, 7) is 8.52. The first-order valence-corrected chi connectivity index (χ1v) is 11.3. The number of amides is 3. The highest BCUT2D eigenvalue weighted by molar-refractivity contribution is 6.05. The van der Waals surface area contributed by atoms with Gasteiger partial charge in [0.05, 0.1) is 29.1 Å². The molecule has 3 aliphatic rings. The number of hydrogen-bond acceptors (Lipinski definition) is 4. The van der Waals surface area contributed by atoms with Crippen LogP contribution in [0.25, 0.3) is 5.70 Å². The third-order valence-corrected chi connectivity index (χ3v) is 6.98. The number of fused-ring (bicyclic) bond motifs is 2. The van der Waals surface area contributed by atoms with E-state index in [-0.39, 0.29) is 24.4 Å². The molecule has 8 nitrogen and oxygen atoms in total. The number of aromatic nitrogens is 2. The second-order valence-corrected chi connectivity index (χ2v) is 9.18. The van der Waals surface area contributed by atoms with Gasteiger partial charge in [-0.25, -0.2) is 9.18 Å². The van der Waals surface area contributed by atoms with Gasteiger partial charge in [0.2, 0.25) is 0 Å². The monoisotopic (exact) mass is 492 g/mol. The number of H-pyrrole nitrogens is 1. The van der Waals surface area contributed by atoms with Gasteiger partial charge in [0, 0.05) is 30.7 Å².